The largest absolute Gasteiger partial charge is 0.480 e. The minimum absolute atomic E-state index is 0.653. The van der Waals surface area contributed by atoms with Crippen LogP contribution in [0.2, 0.25) is 0 Å². The molecule has 2 aliphatic heterocycles. The number of aliphatic carboxylic acids is 1. The first-order valence-corrected chi connectivity index (χ1v) is 7.33. The van der Waals surface area contributed by atoms with Gasteiger partial charge in [0.1, 0.15) is 5.54 Å². The second kappa shape index (κ2) is 5.77. The maximum Gasteiger partial charge on any atom is 0.323 e. The van der Waals surface area contributed by atoms with E-state index in [9.17, 15) is 9.90 Å². The maximum atomic E-state index is 11.3. The molecule has 0 aromatic heterocycles. The predicted octanol–water partition coefficient (Wildman–Crippen LogP) is 0.608. The van der Waals surface area contributed by atoms with Crippen molar-refractivity contribution in [2.24, 2.45) is 0 Å². The molecule has 2 bridgehead atoms. The summed E-state index contributed by atoms with van der Waals surface area (Å²) >= 11 is 0. The summed E-state index contributed by atoms with van der Waals surface area (Å²) < 4.78 is 0. The molecule has 2 heterocycles. The first-order valence-electron chi connectivity index (χ1n) is 7.33. The third-order valence-electron chi connectivity index (χ3n) is 5.18. The van der Waals surface area contributed by atoms with Crippen LogP contribution in [-0.2, 0) is 4.79 Å². The number of carboxylic acids is 1. The summed E-state index contributed by atoms with van der Waals surface area (Å²) in [5.41, 5.74) is -0.808. The zero-order valence-electron chi connectivity index (χ0n) is 12.4. The van der Waals surface area contributed by atoms with Gasteiger partial charge in [0.15, 0.2) is 0 Å². The summed E-state index contributed by atoms with van der Waals surface area (Å²) in [4.78, 5) is 16.2. The number of nitrogens with one attached hydrogen (secondary N) is 1. The van der Waals surface area contributed by atoms with Crippen molar-refractivity contribution in [2.45, 2.75) is 50.2 Å². The Morgan fingerprint density at radius 1 is 1.37 bits per heavy atom. The fourth-order valence-electron chi connectivity index (χ4n) is 3.30. The van der Waals surface area contributed by atoms with Crippen LogP contribution in [0.3, 0.4) is 0 Å². The Morgan fingerprint density at radius 2 is 2.05 bits per heavy atom. The number of hydrogen-bond acceptors (Lipinski definition) is 4. The van der Waals surface area contributed by atoms with E-state index in [4.69, 9.17) is 0 Å². The molecule has 0 saturated carbocycles. The molecule has 2 saturated heterocycles. The van der Waals surface area contributed by atoms with Gasteiger partial charge in [-0.2, -0.15) is 0 Å². The van der Waals surface area contributed by atoms with Crippen molar-refractivity contribution >= 4 is 5.97 Å². The van der Waals surface area contributed by atoms with Gasteiger partial charge in [-0.1, -0.05) is 0 Å². The molecular weight excluding hydrogens is 242 g/mol. The molecule has 0 aliphatic carbocycles. The fourth-order valence-corrected chi connectivity index (χ4v) is 3.30. The van der Waals surface area contributed by atoms with Crippen molar-refractivity contribution in [1.29, 1.82) is 0 Å². The van der Waals surface area contributed by atoms with Gasteiger partial charge in [-0.05, 0) is 53.2 Å². The Hall–Kier alpha value is -0.650. The zero-order chi connectivity index (χ0) is 14.0. The average molecular weight is 269 g/mol. The van der Waals surface area contributed by atoms with Crippen LogP contribution in [0.15, 0.2) is 0 Å². The molecule has 0 aromatic rings. The molecule has 2 N–H and O–H groups in total. The van der Waals surface area contributed by atoms with E-state index in [0.29, 0.717) is 12.5 Å². The van der Waals surface area contributed by atoms with E-state index in [1.54, 1.807) is 14.0 Å². The lowest BCUT2D eigenvalue weighted by Crippen LogP contribution is -2.50. The molecule has 3 atom stereocenters. The van der Waals surface area contributed by atoms with Crippen LogP contribution in [-0.4, -0.2) is 72.2 Å². The van der Waals surface area contributed by atoms with E-state index in [-0.39, 0.29) is 0 Å². The van der Waals surface area contributed by atoms with Crippen LogP contribution in [0.1, 0.15) is 32.6 Å². The van der Waals surface area contributed by atoms with Gasteiger partial charge >= 0.3 is 5.97 Å². The number of likely N-dealkylation sites (N-methyl/N-ethyl adjacent to an activating group) is 2. The average Bonchev–Trinajstić information content (AvgIpc) is 2.62. The number of nitrogens with zero attached hydrogens (tertiary/aromatic N) is 2. The molecule has 0 amide bonds. The van der Waals surface area contributed by atoms with Gasteiger partial charge in [-0.3, -0.25) is 9.69 Å². The lowest BCUT2D eigenvalue weighted by molar-refractivity contribution is -0.144. The highest BCUT2D eigenvalue weighted by Gasteiger charge is 2.36. The van der Waals surface area contributed by atoms with E-state index in [0.717, 1.165) is 25.7 Å². The quantitative estimate of drug-likeness (QED) is 0.766. The van der Waals surface area contributed by atoms with Gasteiger partial charge in [0, 0.05) is 25.2 Å². The van der Waals surface area contributed by atoms with Gasteiger partial charge in [0.2, 0.25) is 0 Å². The Labute approximate surface area is 115 Å². The molecule has 0 radical (unpaired) electrons. The van der Waals surface area contributed by atoms with Crippen molar-refractivity contribution < 1.29 is 9.90 Å². The minimum atomic E-state index is -0.808. The highest BCUT2D eigenvalue weighted by molar-refractivity contribution is 5.78. The number of carboxylic acid groups (broad SMARTS) is 1. The zero-order valence-corrected chi connectivity index (χ0v) is 12.4. The minimum Gasteiger partial charge on any atom is -0.480 e. The number of likely N-dealkylation sites (tertiary alicyclic amines) is 1. The number of carbonyl (C=O) groups is 1. The van der Waals surface area contributed by atoms with Crippen LogP contribution in [0.5, 0.6) is 0 Å². The van der Waals surface area contributed by atoms with E-state index >= 15 is 0 Å². The van der Waals surface area contributed by atoms with Gasteiger partial charge in [-0.25, -0.2) is 0 Å². The molecule has 2 aliphatic rings. The monoisotopic (exact) mass is 269 g/mol. The molecule has 5 nitrogen and oxygen atoms in total. The summed E-state index contributed by atoms with van der Waals surface area (Å²) in [6, 6.07) is 1.41. The van der Waals surface area contributed by atoms with E-state index in [1.165, 1.54) is 19.3 Å². The van der Waals surface area contributed by atoms with Gasteiger partial charge in [0.25, 0.3) is 0 Å². The molecule has 2 fully saturated rings. The third kappa shape index (κ3) is 3.09. The van der Waals surface area contributed by atoms with Crippen molar-refractivity contribution in [3.63, 3.8) is 0 Å². The molecule has 5 heteroatoms. The van der Waals surface area contributed by atoms with Crippen LogP contribution in [0, 0.1) is 0 Å². The van der Waals surface area contributed by atoms with Crippen LogP contribution in [0.4, 0.5) is 0 Å². The van der Waals surface area contributed by atoms with Crippen molar-refractivity contribution in [3.8, 4) is 0 Å². The number of hydrogen-bond donors (Lipinski definition) is 2. The Bertz CT molecular complexity index is 337. The number of rotatable bonds is 5. The van der Waals surface area contributed by atoms with Crippen molar-refractivity contribution in [3.05, 3.63) is 0 Å². The van der Waals surface area contributed by atoms with Crippen LogP contribution < -0.4 is 5.32 Å². The first kappa shape index (κ1) is 14.8. The molecule has 3 unspecified atom stereocenters. The van der Waals surface area contributed by atoms with E-state index in [1.807, 2.05) is 0 Å². The van der Waals surface area contributed by atoms with Gasteiger partial charge in [0.05, 0.1) is 0 Å². The van der Waals surface area contributed by atoms with Gasteiger partial charge in [-0.15, -0.1) is 0 Å². The second-order valence-electron chi connectivity index (χ2n) is 6.28. The summed E-state index contributed by atoms with van der Waals surface area (Å²) in [5.74, 6) is -0.761. The standard InChI is InChI=1S/C14H27N3O2/c1-14(15-2,13(18)19)7-9-17-8-6-11-4-5-12(10-17)16(11)3/h11-12,15H,4-10H2,1-3H3,(H,18,19). The normalized spacial score (nSPS) is 31.9. The van der Waals surface area contributed by atoms with Gasteiger partial charge < -0.3 is 15.3 Å². The Kier molecular flexibility index (Phi) is 4.48. The lowest BCUT2D eigenvalue weighted by atomic mass is 9.97. The van der Waals surface area contributed by atoms with E-state index in [2.05, 4.69) is 22.2 Å². The van der Waals surface area contributed by atoms with Crippen molar-refractivity contribution in [2.75, 3.05) is 33.7 Å². The third-order valence-corrected chi connectivity index (χ3v) is 5.18. The van der Waals surface area contributed by atoms with E-state index < -0.39 is 11.5 Å². The molecule has 110 valence electrons. The first-order chi connectivity index (χ1) is 8.96. The lowest BCUT2D eigenvalue weighted by Gasteiger charge is -2.30. The predicted molar refractivity (Wildman–Crippen MR) is 75.3 cm³/mol. The Balaban J connectivity index is 1.88. The smallest absolute Gasteiger partial charge is 0.323 e. The highest BCUT2D eigenvalue weighted by atomic mass is 16.4. The SMILES string of the molecule is CNC(C)(CCN1CCC2CCC(C1)N2C)C(=O)O. The maximum absolute atomic E-state index is 11.3. The molecule has 2 rings (SSSR count). The summed E-state index contributed by atoms with van der Waals surface area (Å²) in [6.07, 6.45) is 4.49. The summed E-state index contributed by atoms with van der Waals surface area (Å²) in [5, 5.41) is 12.2. The molecular formula is C14H27N3O2. The van der Waals surface area contributed by atoms with Crippen LogP contribution >= 0.6 is 0 Å². The van der Waals surface area contributed by atoms with Crippen LogP contribution in [0.25, 0.3) is 0 Å². The topological polar surface area (TPSA) is 55.8 Å². The Morgan fingerprint density at radius 3 is 2.68 bits per heavy atom. The van der Waals surface area contributed by atoms with Crippen molar-refractivity contribution in [1.82, 2.24) is 15.1 Å². The second-order valence-corrected chi connectivity index (χ2v) is 6.28. The fraction of sp³-hybridized carbons (Fsp3) is 0.929. The summed E-state index contributed by atoms with van der Waals surface area (Å²) in [6.45, 7) is 4.82. The molecule has 0 aromatic carbocycles. The number of fused-ring (bicyclic) bond motifs is 2. The molecule has 19 heavy (non-hydrogen) atoms. The highest BCUT2D eigenvalue weighted by Crippen LogP contribution is 2.28. The summed E-state index contributed by atoms with van der Waals surface area (Å²) in [7, 11) is 3.97. The molecule has 0 spiro atoms.